The van der Waals surface area contributed by atoms with E-state index in [1.165, 1.54) is 27.6 Å². The van der Waals surface area contributed by atoms with E-state index < -0.39 is 0 Å². The van der Waals surface area contributed by atoms with Crippen LogP contribution in [0.2, 0.25) is 0 Å². The van der Waals surface area contributed by atoms with Crippen LogP contribution in [0.5, 0.6) is 0 Å². The maximum atomic E-state index is 2.31. The second-order valence-electron chi connectivity index (χ2n) is 5.12. The predicted molar refractivity (Wildman–Crippen MR) is 79.2 cm³/mol. The van der Waals surface area contributed by atoms with Crippen LogP contribution in [0.15, 0.2) is 60.8 Å². The molecular weight excluding hydrogens is 310 g/mol. The Balaban J connectivity index is 0.00000147. The fourth-order valence-corrected chi connectivity index (χ4v) is 2.57. The molecule has 0 bridgehead atoms. The number of para-hydroxylation sites is 1. The van der Waals surface area contributed by atoms with Gasteiger partial charge in [0.25, 0.3) is 0 Å². The highest BCUT2D eigenvalue weighted by molar-refractivity contribution is 5.74. The fourth-order valence-electron chi connectivity index (χ4n) is 2.57. The molecule has 0 N–H and O–H groups in total. The van der Waals surface area contributed by atoms with Crippen LogP contribution in [0, 0.1) is 13.8 Å². The van der Waals surface area contributed by atoms with Gasteiger partial charge in [0.2, 0.25) is 5.52 Å². The number of rotatable bonds is 2. The van der Waals surface area contributed by atoms with Gasteiger partial charge in [-0.2, -0.15) is 4.57 Å². The van der Waals surface area contributed by atoms with E-state index in [0.717, 1.165) is 6.54 Å². The molecule has 2 aromatic carbocycles. The normalized spacial score (nSPS) is 10.3. The van der Waals surface area contributed by atoms with Crippen molar-refractivity contribution in [2.45, 2.75) is 20.4 Å². The predicted octanol–water partition coefficient (Wildman–Crippen LogP) is 0.796. The van der Waals surface area contributed by atoms with Gasteiger partial charge in [0, 0.05) is 23.1 Å². The van der Waals surface area contributed by atoms with Crippen molar-refractivity contribution < 1.29 is 21.5 Å². The number of aryl methyl sites for hydroxylation is 2. The first-order valence-electron chi connectivity index (χ1n) is 6.67. The quantitative estimate of drug-likeness (QED) is 0.613. The molecular formula is C18H18BrN. The highest BCUT2D eigenvalue weighted by atomic mass is 79.9. The van der Waals surface area contributed by atoms with Gasteiger partial charge in [-0.1, -0.05) is 35.9 Å². The molecule has 2 heteroatoms. The van der Waals surface area contributed by atoms with Crippen molar-refractivity contribution >= 4 is 10.9 Å². The number of fused-ring (bicyclic) bond motifs is 1. The topological polar surface area (TPSA) is 3.88 Å². The molecule has 0 saturated carbocycles. The van der Waals surface area contributed by atoms with Crippen molar-refractivity contribution in [2.24, 2.45) is 0 Å². The second kappa shape index (κ2) is 6.19. The van der Waals surface area contributed by atoms with Gasteiger partial charge in [-0.05, 0) is 31.5 Å². The van der Waals surface area contributed by atoms with E-state index in [0.29, 0.717) is 0 Å². The lowest BCUT2D eigenvalue weighted by atomic mass is 10.1. The second-order valence-corrected chi connectivity index (χ2v) is 5.12. The Kier molecular flexibility index (Phi) is 4.56. The molecule has 0 aliphatic heterocycles. The zero-order valence-electron chi connectivity index (χ0n) is 11.8. The number of halogens is 1. The number of aromatic nitrogens is 1. The van der Waals surface area contributed by atoms with E-state index in [-0.39, 0.29) is 17.0 Å². The van der Waals surface area contributed by atoms with Crippen molar-refractivity contribution in [1.82, 2.24) is 0 Å². The summed E-state index contributed by atoms with van der Waals surface area (Å²) in [6, 6.07) is 19.5. The molecule has 102 valence electrons. The first-order valence-corrected chi connectivity index (χ1v) is 6.67. The van der Waals surface area contributed by atoms with Crippen LogP contribution in [-0.4, -0.2) is 0 Å². The third kappa shape index (κ3) is 2.91. The number of benzene rings is 2. The lowest BCUT2D eigenvalue weighted by Gasteiger charge is -2.05. The van der Waals surface area contributed by atoms with Gasteiger partial charge >= 0.3 is 0 Å². The van der Waals surface area contributed by atoms with Crippen molar-refractivity contribution in [3.63, 3.8) is 0 Å². The first-order chi connectivity index (χ1) is 9.24. The molecule has 0 radical (unpaired) electrons. The minimum atomic E-state index is 0. The molecule has 20 heavy (non-hydrogen) atoms. The Hall–Kier alpha value is -1.67. The Bertz CT molecular complexity index is 729. The Morgan fingerprint density at radius 3 is 2.45 bits per heavy atom. The van der Waals surface area contributed by atoms with Crippen LogP contribution in [0.25, 0.3) is 10.9 Å². The molecule has 0 aliphatic carbocycles. The average molecular weight is 328 g/mol. The zero-order valence-corrected chi connectivity index (χ0v) is 13.4. The summed E-state index contributed by atoms with van der Waals surface area (Å²) in [6.45, 7) is 5.25. The van der Waals surface area contributed by atoms with Crippen molar-refractivity contribution in [2.75, 3.05) is 0 Å². The number of hydrogen-bond acceptors (Lipinski definition) is 0. The van der Waals surface area contributed by atoms with Gasteiger partial charge in [0.15, 0.2) is 12.7 Å². The van der Waals surface area contributed by atoms with Gasteiger partial charge in [-0.3, -0.25) is 0 Å². The summed E-state index contributed by atoms with van der Waals surface area (Å²) in [5.74, 6) is 0. The fraction of sp³-hybridized carbons (Fsp3) is 0.167. The van der Waals surface area contributed by atoms with E-state index in [1.807, 2.05) is 0 Å². The SMILES string of the molecule is Cc1ccc(C[n+]2cccc3ccccc32)c(C)c1.[Br-]. The molecule has 0 unspecified atom stereocenters. The smallest absolute Gasteiger partial charge is 0.212 e. The maximum absolute atomic E-state index is 2.31. The molecule has 1 heterocycles. The monoisotopic (exact) mass is 327 g/mol. The number of pyridine rings is 1. The van der Waals surface area contributed by atoms with E-state index >= 15 is 0 Å². The third-order valence-electron chi connectivity index (χ3n) is 3.63. The number of nitrogens with zero attached hydrogens (tertiary/aromatic N) is 1. The van der Waals surface area contributed by atoms with Gasteiger partial charge < -0.3 is 17.0 Å². The third-order valence-corrected chi connectivity index (χ3v) is 3.63. The summed E-state index contributed by atoms with van der Waals surface area (Å²) < 4.78 is 2.31. The maximum Gasteiger partial charge on any atom is 0.212 e. The lowest BCUT2D eigenvalue weighted by molar-refractivity contribution is -0.662. The van der Waals surface area contributed by atoms with Crippen LogP contribution in [0.4, 0.5) is 0 Å². The van der Waals surface area contributed by atoms with Gasteiger partial charge in [-0.25, -0.2) is 0 Å². The van der Waals surface area contributed by atoms with Crippen LogP contribution in [0.3, 0.4) is 0 Å². The molecule has 0 saturated heterocycles. The van der Waals surface area contributed by atoms with Crippen molar-refractivity contribution in [1.29, 1.82) is 0 Å². The van der Waals surface area contributed by atoms with E-state index in [4.69, 9.17) is 0 Å². The van der Waals surface area contributed by atoms with Crippen LogP contribution < -0.4 is 21.5 Å². The van der Waals surface area contributed by atoms with Crippen molar-refractivity contribution in [3.8, 4) is 0 Å². The molecule has 0 atom stereocenters. The Morgan fingerprint density at radius 2 is 1.65 bits per heavy atom. The van der Waals surface area contributed by atoms with E-state index in [9.17, 15) is 0 Å². The zero-order chi connectivity index (χ0) is 13.2. The van der Waals surface area contributed by atoms with Crippen LogP contribution in [-0.2, 0) is 6.54 Å². The van der Waals surface area contributed by atoms with Gasteiger partial charge in [0.05, 0.1) is 0 Å². The van der Waals surface area contributed by atoms with Crippen LogP contribution >= 0.6 is 0 Å². The molecule has 1 aromatic heterocycles. The van der Waals surface area contributed by atoms with Crippen molar-refractivity contribution in [3.05, 3.63) is 77.5 Å². The summed E-state index contributed by atoms with van der Waals surface area (Å²) in [5.41, 5.74) is 5.35. The molecule has 0 fully saturated rings. The van der Waals surface area contributed by atoms with Gasteiger partial charge in [-0.15, -0.1) is 0 Å². The standard InChI is InChI=1S/C18H18N.BrH/c1-14-9-10-17(15(2)12-14)13-19-11-5-7-16-6-3-4-8-18(16)19;/h3-12H,13H2,1-2H3;1H/q+1;/p-1. The summed E-state index contributed by atoms with van der Waals surface area (Å²) >= 11 is 0. The largest absolute Gasteiger partial charge is 1.00 e. The highest BCUT2D eigenvalue weighted by Crippen LogP contribution is 2.12. The van der Waals surface area contributed by atoms with Crippen LogP contribution in [0.1, 0.15) is 16.7 Å². The molecule has 3 aromatic rings. The van der Waals surface area contributed by atoms with Gasteiger partial charge in [0.1, 0.15) is 0 Å². The minimum Gasteiger partial charge on any atom is -1.00 e. The Labute approximate surface area is 130 Å². The average Bonchev–Trinajstić information content (AvgIpc) is 2.42. The highest BCUT2D eigenvalue weighted by Gasteiger charge is 2.09. The van der Waals surface area contributed by atoms with E-state index in [1.54, 1.807) is 0 Å². The summed E-state index contributed by atoms with van der Waals surface area (Å²) in [5, 5.41) is 1.29. The minimum absolute atomic E-state index is 0. The summed E-state index contributed by atoms with van der Waals surface area (Å²) in [7, 11) is 0. The molecule has 1 nitrogen and oxygen atoms in total. The molecule has 0 spiro atoms. The lowest BCUT2D eigenvalue weighted by Crippen LogP contribution is -3.00. The summed E-state index contributed by atoms with van der Waals surface area (Å²) in [4.78, 5) is 0. The first kappa shape index (κ1) is 14.7. The summed E-state index contributed by atoms with van der Waals surface area (Å²) in [6.07, 6.45) is 2.15. The van der Waals surface area contributed by atoms with E-state index in [2.05, 4.69) is 79.2 Å². The Morgan fingerprint density at radius 1 is 0.900 bits per heavy atom. The molecule has 0 aliphatic rings. The molecule has 0 amide bonds. The molecule has 3 rings (SSSR count). The number of hydrogen-bond donors (Lipinski definition) is 0.